The maximum atomic E-state index is 12.5. The van der Waals surface area contributed by atoms with Crippen LogP contribution in [0.2, 0.25) is 0 Å². The van der Waals surface area contributed by atoms with E-state index in [0.717, 1.165) is 64.1 Å². The molecule has 0 radical (unpaired) electrons. The van der Waals surface area contributed by atoms with Crippen molar-refractivity contribution in [1.82, 2.24) is 16.2 Å². The van der Waals surface area contributed by atoms with Crippen molar-refractivity contribution < 1.29 is 93.9 Å². The highest BCUT2D eigenvalue weighted by atomic mass is 16.7. The van der Waals surface area contributed by atoms with E-state index in [9.17, 15) is 65.4 Å². The van der Waals surface area contributed by atoms with E-state index in [4.69, 9.17) is 34.2 Å². The van der Waals surface area contributed by atoms with Gasteiger partial charge in [0.15, 0.2) is 18.9 Å². The van der Waals surface area contributed by atoms with Crippen LogP contribution in [0.5, 0.6) is 0 Å². The van der Waals surface area contributed by atoms with Crippen molar-refractivity contribution in [2.75, 3.05) is 39.5 Å². The summed E-state index contributed by atoms with van der Waals surface area (Å²) in [7, 11) is 0. The lowest BCUT2D eigenvalue weighted by atomic mass is 9.96. The first-order valence-corrected chi connectivity index (χ1v) is 21.3. The van der Waals surface area contributed by atoms with Gasteiger partial charge in [0.05, 0.1) is 32.5 Å². The second-order valence-electron chi connectivity index (χ2n) is 15.6. The van der Waals surface area contributed by atoms with Gasteiger partial charge in [-0.1, -0.05) is 44.9 Å². The molecule has 0 aromatic rings. The molecule has 0 spiro atoms. The van der Waals surface area contributed by atoms with Crippen LogP contribution >= 0.6 is 0 Å². The number of unbranched alkanes of at least 4 members (excludes halogenated alkanes) is 8. The van der Waals surface area contributed by atoms with E-state index in [1.807, 2.05) is 0 Å². The van der Waals surface area contributed by atoms with Crippen LogP contribution in [0, 0.1) is 0 Å². The Bertz CT molecular complexity index is 1240. The van der Waals surface area contributed by atoms with E-state index >= 15 is 0 Å². The minimum absolute atomic E-state index is 0.00121. The van der Waals surface area contributed by atoms with Crippen LogP contribution in [0.25, 0.3) is 0 Å². The summed E-state index contributed by atoms with van der Waals surface area (Å²) in [5.74, 6) is -0.392. The molecular formula is C38H70N4O19. The summed E-state index contributed by atoms with van der Waals surface area (Å²) in [4.78, 5) is 35.6. The third-order valence-electron chi connectivity index (χ3n) is 10.8. The molecule has 23 nitrogen and oxygen atoms in total. The summed E-state index contributed by atoms with van der Waals surface area (Å²) < 4.78 is 33.4. The van der Waals surface area contributed by atoms with Crippen LogP contribution < -0.4 is 21.9 Å². The highest BCUT2D eigenvalue weighted by Crippen LogP contribution is 2.31. The van der Waals surface area contributed by atoms with Crippen molar-refractivity contribution in [2.24, 2.45) is 5.73 Å². The van der Waals surface area contributed by atoms with E-state index in [-0.39, 0.29) is 31.4 Å². The molecule has 23 heteroatoms. The Balaban J connectivity index is 1.39. The number of nitrogens with two attached hydrogens (primary N) is 1. The average molecular weight is 887 g/mol. The van der Waals surface area contributed by atoms with Crippen molar-refractivity contribution in [3.05, 3.63) is 0 Å². The average Bonchev–Trinajstić information content (AvgIpc) is 3.25. The molecule has 3 saturated heterocycles. The number of carbonyl (C=O) groups excluding carboxylic acids is 3. The van der Waals surface area contributed by atoms with E-state index in [2.05, 4.69) is 16.2 Å². The first-order chi connectivity index (χ1) is 29.3. The van der Waals surface area contributed by atoms with Crippen molar-refractivity contribution in [2.45, 2.75) is 182 Å². The predicted octanol–water partition coefficient (Wildman–Crippen LogP) is -5.21. The normalized spacial score (nSPS) is 34.8. The fourth-order valence-electron chi connectivity index (χ4n) is 7.07. The molecule has 3 aliphatic rings. The van der Waals surface area contributed by atoms with E-state index in [1.165, 1.54) is 0 Å². The number of nitrogens with one attached hydrogen (secondary N) is 3. The maximum absolute atomic E-state index is 12.5. The molecule has 61 heavy (non-hydrogen) atoms. The number of hydrogen-bond donors (Lipinski definition) is 14. The summed E-state index contributed by atoms with van der Waals surface area (Å²) in [6, 6.07) is -0.430. The lowest BCUT2D eigenvalue weighted by Crippen LogP contribution is -2.65. The molecule has 0 unspecified atom stereocenters. The Kier molecular flexibility index (Phi) is 25.0. The summed E-state index contributed by atoms with van der Waals surface area (Å²) in [5, 5.41) is 106. The summed E-state index contributed by atoms with van der Waals surface area (Å²) in [5.41, 5.74) is 10.8. The van der Waals surface area contributed by atoms with Crippen LogP contribution in [-0.2, 0) is 42.8 Å². The quantitative estimate of drug-likeness (QED) is 0.0190. The van der Waals surface area contributed by atoms with Crippen LogP contribution in [0.1, 0.15) is 83.5 Å². The Morgan fingerprint density at radius 2 is 1.13 bits per heavy atom. The molecule has 2 amide bonds. The SMILES string of the molecule is NCCCC[C@@H](C=O)NNC(=O)CCCCCCCCCCC(=O)NCCO[C@H]1O[C@H](CO[C@H]2O[C@H](CO)[C@@H](O)[C@H](O)[C@@H]2O)[C@@H](O)[C@H](O[C@H]2O[C@H](CO)[C@@H](O)[C@H](O)[C@@H]2O)[C@@H]1O. The third kappa shape index (κ3) is 17.1. The van der Waals surface area contributed by atoms with Gasteiger partial charge in [0, 0.05) is 19.4 Å². The lowest BCUT2D eigenvalue weighted by Gasteiger charge is -2.46. The molecule has 0 aliphatic carbocycles. The fraction of sp³-hybridized carbons (Fsp3) is 0.921. The van der Waals surface area contributed by atoms with Gasteiger partial charge in [-0.3, -0.25) is 15.0 Å². The van der Waals surface area contributed by atoms with Gasteiger partial charge < -0.3 is 95.3 Å². The van der Waals surface area contributed by atoms with Gasteiger partial charge in [-0.15, -0.1) is 0 Å². The van der Waals surface area contributed by atoms with Crippen LogP contribution in [-0.4, -0.2) is 207 Å². The number of aliphatic hydroxyl groups is 10. The number of hydrogen-bond acceptors (Lipinski definition) is 21. The monoisotopic (exact) mass is 886 g/mol. The number of aliphatic hydroxyl groups excluding tert-OH is 10. The molecule has 0 aromatic carbocycles. The zero-order chi connectivity index (χ0) is 44.9. The molecule has 0 saturated carbocycles. The van der Waals surface area contributed by atoms with Crippen LogP contribution in [0.4, 0.5) is 0 Å². The summed E-state index contributed by atoms with van der Waals surface area (Å²) >= 11 is 0. The van der Waals surface area contributed by atoms with Crippen LogP contribution in [0.15, 0.2) is 0 Å². The van der Waals surface area contributed by atoms with Crippen molar-refractivity contribution in [3.8, 4) is 0 Å². The largest absolute Gasteiger partial charge is 0.394 e. The van der Waals surface area contributed by atoms with Gasteiger partial charge in [-0.05, 0) is 32.2 Å². The highest BCUT2D eigenvalue weighted by molar-refractivity contribution is 5.76. The Morgan fingerprint density at radius 1 is 0.607 bits per heavy atom. The number of hydrazine groups is 1. The second kappa shape index (κ2) is 28.6. The molecular weight excluding hydrogens is 816 g/mol. The first-order valence-electron chi connectivity index (χ1n) is 21.3. The van der Waals surface area contributed by atoms with E-state index in [0.29, 0.717) is 25.8 Å². The third-order valence-corrected chi connectivity index (χ3v) is 10.8. The minimum Gasteiger partial charge on any atom is -0.394 e. The van der Waals surface area contributed by atoms with Gasteiger partial charge in [0.2, 0.25) is 11.8 Å². The molecule has 0 aromatic heterocycles. The number of carbonyl (C=O) groups is 3. The van der Waals surface area contributed by atoms with Crippen molar-refractivity contribution >= 4 is 18.1 Å². The second-order valence-corrected chi connectivity index (χ2v) is 15.6. The highest BCUT2D eigenvalue weighted by Gasteiger charge is 2.52. The summed E-state index contributed by atoms with van der Waals surface area (Å²) in [6.45, 7) is -1.75. The number of aldehydes is 1. The lowest BCUT2D eigenvalue weighted by molar-refractivity contribution is -0.366. The molecule has 356 valence electrons. The minimum atomic E-state index is -1.89. The topological polar surface area (TPSA) is 371 Å². The molecule has 15 N–H and O–H groups in total. The van der Waals surface area contributed by atoms with E-state index < -0.39 is 118 Å². The zero-order valence-corrected chi connectivity index (χ0v) is 34.5. The smallest absolute Gasteiger partial charge is 0.234 e. The standard InChI is InChI=1S/C38H70N4O19/c39-14-10-9-11-21(17-43)41-42-26(47)13-8-6-4-2-1-3-5-7-12-25(46)40-15-16-56-37-34(55)35(61-38-33(54)31(52)28(49)23(19-45)59-38)29(50)24(60-37)20-57-36-32(53)30(51)27(48)22(18-44)58-36/h17,21-24,27-38,41,44-45,48-55H,1-16,18-20,39H2,(H,40,46)(H,42,47)/t21-,22+,23+,24+,27+,28+,29+,30-,31-,32-,33-,34-,35-,36-,37-,38+/m0/s1. The Labute approximate surface area is 354 Å². The zero-order valence-electron chi connectivity index (χ0n) is 34.5. The molecule has 3 heterocycles. The fourth-order valence-corrected chi connectivity index (χ4v) is 7.07. The maximum Gasteiger partial charge on any atom is 0.234 e. The summed E-state index contributed by atoms with van der Waals surface area (Å²) in [6.07, 6.45) is -14.3. The van der Waals surface area contributed by atoms with Gasteiger partial charge in [-0.25, -0.2) is 5.43 Å². The van der Waals surface area contributed by atoms with Gasteiger partial charge in [0.1, 0.15) is 79.5 Å². The molecule has 0 bridgehead atoms. The molecule has 3 aliphatic heterocycles. The Hall–Kier alpha value is -2.11. The van der Waals surface area contributed by atoms with Gasteiger partial charge >= 0.3 is 0 Å². The van der Waals surface area contributed by atoms with Gasteiger partial charge in [0.25, 0.3) is 0 Å². The predicted molar refractivity (Wildman–Crippen MR) is 208 cm³/mol. The van der Waals surface area contributed by atoms with Gasteiger partial charge in [-0.2, -0.15) is 0 Å². The molecule has 3 fully saturated rings. The van der Waals surface area contributed by atoms with Crippen LogP contribution in [0.3, 0.4) is 0 Å². The van der Waals surface area contributed by atoms with E-state index in [1.54, 1.807) is 0 Å². The first kappa shape index (κ1) is 53.2. The number of amides is 2. The Morgan fingerprint density at radius 3 is 1.70 bits per heavy atom. The molecule has 3 rings (SSSR count). The number of rotatable bonds is 29. The molecule has 16 atom stereocenters. The number of ether oxygens (including phenoxy) is 6. The van der Waals surface area contributed by atoms with Crippen molar-refractivity contribution in [1.29, 1.82) is 0 Å². The van der Waals surface area contributed by atoms with Crippen molar-refractivity contribution in [3.63, 3.8) is 0 Å².